The van der Waals surface area contributed by atoms with E-state index < -0.39 is 12.2 Å². The molecule has 1 fully saturated rings. The number of nitrogens with one attached hydrogen (secondary N) is 1. The molecule has 2 aromatic rings. The minimum absolute atomic E-state index is 0.0259. The molecule has 0 aliphatic heterocycles. The average Bonchev–Trinajstić information content (AvgIpc) is 3.53. The van der Waals surface area contributed by atoms with Crippen LogP contribution in [0.25, 0.3) is 16.3 Å². The summed E-state index contributed by atoms with van der Waals surface area (Å²) in [5, 5.41) is 24.2. The number of hydrogen-bond donors (Lipinski definition) is 3. The van der Waals surface area contributed by atoms with E-state index in [-0.39, 0.29) is 11.8 Å². The van der Waals surface area contributed by atoms with Gasteiger partial charge in [-0.1, -0.05) is 18.7 Å². The van der Waals surface area contributed by atoms with Crippen LogP contribution in [0.4, 0.5) is 5.82 Å². The van der Waals surface area contributed by atoms with Gasteiger partial charge in [0.05, 0.1) is 11.8 Å². The van der Waals surface area contributed by atoms with Crippen molar-refractivity contribution in [3.8, 4) is 0 Å². The molecule has 1 amide bonds. The number of fused-ring (bicyclic) bond motifs is 1. The van der Waals surface area contributed by atoms with E-state index in [0.717, 1.165) is 40.5 Å². The number of aliphatic hydroxyl groups is 2. The number of hydrogen-bond acceptors (Lipinski definition) is 5. The number of carbonyl (C=O) groups excluding carboxylic acids is 1. The average molecular weight is 393 g/mol. The molecule has 2 aromatic heterocycles. The number of carbonyl (C=O) groups is 1. The van der Waals surface area contributed by atoms with Crippen LogP contribution in [0, 0.1) is 5.92 Å². The number of rotatable bonds is 7. The van der Waals surface area contributed by atoms with Gasteiger partial charge in [0.2, 0.25) is 5.91 Å². The zero-order chi connectivity index (χ0) is 21.1. The lowest BCUT2D eigenvalue weighted by atomic mass is 9.97. The van der Waals surface area contributed by atoms with Crippen molar-refractivity contribution in [1.82, 2.24) is 9.97 Å². The van der Waals surface area contributed by atoms with Crippen molar-refractivity contribution in [1.29, 1.82) is 0 Å². The molecule has 6 nitrogen and oxygen atoms in total. The van der Waals surface area contributed by atoms with Gasteiger partial charge in [0.25, 0.3) is 0 Å². The maximum absolute atomic E-state index is 11.9. The third-order valence-corrected chi connectivity index (χ3v) is 5.03. The predicted octanol–water partition coefficient (Wildman–Crippen LogP) is 3.63. The first-order valence-corrected chi connectivity index (χ1v) is 9.77. The first-order valence-electron chi connectivity index (χ1n) is 9.77. The van der Waals surface area contributed by atoms with Crippen LogP contribution in [0.2, 0.25) is 0 Å². The minimum Gasteiger partial charge on any atom is -0.390 e. The van der Waals surface area contributed by atoms with Gasteiger partial charge >= 0.3 is 0 Å². The van der Waals surface area contributed by atoms with Crippen molar-refractivity contribution in [3.05, 3.63) is 60.1 Å². The number of aliphatic hydroxyl groups excluding tert-OH is 2. The molecule has 3 N–H and O–H groups in total. The van der Waals surface area contributed by atoms with Crippen molar-refractivity contribution in [2.45, 2.75) is 45.8 Å². The zero-order valence-electron chi connectivity index (χ0n) is 17.0. The van der Waals surface area contributed by atoms with Crippen LogP contribution in [0.5, 0.6) is 0 Å². The Labute approximate surface area is 170 Å². The summed E-state index contributed by atoms with van der Waals surface area (Å²) in [6.07, 6.45) is 7.18. The fourth-order valence-corrected chi connectivity index (χ4v) is 3.16. The van der Waals surface area contributed by atoms with E-state index >= 15 is 0 Å². The second-order valence-corrected chi connectivity index (χ2v) is 7.54. The molecule has 0 saturated heterocycles. The summed E-state index contributed by atoms with van der Waals surface area (Å²) in [5.74, 6) is 0.690. The van der Waals surface area contributed by atoms with E-state index in [1.54, 1.807) is 18.5 Å². The van der Waals surface area contributed by atoms with Gasteiger partial charge in [-0.2, -0.15) is 0 Å². The van der Waals surface area contributed by atoms with E-state index in [1.807, 2.05) is 32.1 Å². The van der Waals surface area contributed by atoms with Crippen molar-refractivity contribution >= 4 is 28.1 Å². The highest BCUT2D eigenvalue weighted by atomic mass is 16.3. The monoisotopic (exact) mass is 393 g/mol. The Morgan fingerprint density at radius 1 is 1.24 bits per heavy atom. The lowest BCUT2D eigenvalue weighted by Crippen LogP contribution is -2.23. The van der Waals surface area contributed by atoms with Crippen molar-refractivity contribution in [2.75, 3.05) is 5.32 Å². The maximum Gasteiger partial charge on any atom is 0.228 e. The lowest BCUT2D eigenvalue weighted by Gasteiger charge is -2.15. The molecule has 2 atom stereocenters. The molecule has 2 heterocycles. The van der Waals surface area contributed by atoms with Crippen LogP contribution < -0.4 is 5.32 Å². The predicted molar refractivity (Wildman–Crippen MR) is 115 cm³/mol. The second-order valence-electron chi connectivity index (χ2n) is 7.54. The number of allylic oxidation sites excluding steroid dienone is 3. The second kappa shape index (κ2) is 8.68. The van der Waals surface area contributed by atoms with Gasteiger partial charge in [-0.25, -0.2) is 4.98 Å². The van der Waals surface area contributed by atoms with Gasteiger partial charge in [-0.3, -0.25) is 9.78 Å². The Morgan fingerprint density at radius 3 is 2.52 bits per heavy atom. The fraction of sp³-hybridized carbons (Fsp3) is 0.348. The number of nitrogens with zero attached hydrogens (tertiary/aromatic N) is 2. The molecule has 2 unspecified atom stereocenters. The number of pyridine rings is 2. The Balaban J connectivity index is 1.84. The van der Waals surface area contributed by atoms with Crippen molar-refractivity contribution < 1.29 is 15.0 Å². The van der Waals surface area contributed by atoms with Crippen LogP contribution in [-0.2, 0) is 4.79 Å². The summed E-state index contributed by atoms with van der Waals surface area (Å²) in [6.45, 7) is 9.20. The molecule has 0 bridgehead atoms. The largest absolute Gasteiger partial charge is 0.390 e. The van der Waals surface area contributed by atoms with Crippen LogP contribution in [0.15, 0.2) is 54.4 Å². The number of anilines is 1. The third-order valence-electron chi connectivity index (χ3n) is 5.03. The van der Waals surface area contributed by atoms with Gasteiger partial charge in [0.1, 0.15) is 11.9 Å². The molecule has 3 rings (SSSR count). The SMILES string of the molecule is C=C(/C=C(C)\C(=C/C)c1cc2cnc(NC(=O)C3CC3)cc2cn1)C(O)C(C)O. The Hall–Kier alpha value is -2.83. The van der Waals surface area contributed by atoms with E-state index in [2.05, 4.69) is 21.9 Å². The Bertz CT molecular complexity index is 1000. The first-order chi connectivity index (χ1) is 13.8. The highest BCUT2D eigenvalue weighted by Gasteiger charge is 2.29. The quantitative estimate of drug-likeness (QED) is 0.625. The van der Waals surface area contributed by atoms with Gasteiger partial charge in [0, 0.05) is 29.1 Å². The number of amides is 1. The van der Waals surface area contributed by atoms with Crippen LogP contribution in [0.3, 0.4) is 0 Å². The van der Waals surface area contributed by atoms with E-state index in [9.17, 15) is 15.0 Å². The smallest absolute Gasteiger partial charge is 0.228 e. The fourth-order valence-electron chi connectivity index (χ4n) is 3.16. The molecule has 1 aliphatic rings. The highest BCUT2D eigenvalue weighted by Crippen LogP contribution is 2.30. The summed E-state index contributed by atoms with van der Waals surface area (Å²) < 4.78 is 0. The van der Waals surface area contributed by atoms with Crippen molar-refractivity contribution in [2.24, 2.45) is 5.92 Å². The van der Waals surface area contributed by atoms with Gasteiger partial charge in [0.15, 0.2) is 0 Å². The molecule has 0 aromatic carbocycles. The molecule has 1 saturated carbocycles. The standard InChI is InChI=1S/C23H27N3O3/c1-5-19(13(2)8-14(3)22(28)15(4)27)20-9-17-12-25-21(10-18(17)11-24-20)26-23(29)16-6-7-16/h5,8-12,15-16,22,27-28H,3,6-7H2,1-2,4H3,(H,25,26,29)/b13-8-,19-5+. The van der Waals surface area contributed by atoms with Crippen LogP contribution >= 0.6 is 0 Å². The molecule has 29 heavy (non-hydrogen) atoms. The lowest BCUT2D eigenvalue weighted by molar-refractivity contribution is -0.117. The molecular formula is C23H27N3O3. The van der Waals surface area contributed by atoms with E-state index in [1.165, 1.54) is 6.92 Å². The zero-order valence-corrected chi connectivity index (χ0v) is 17.0. The van der Waals surface area contributed by atoms with Crippen molar-refractivity contribution in [3.63, 3.8) is 0 Å². The normalized spacial score (nSPS) is 17.1. The Morgan fingerprint density at radius 2 is 1.90 bits per heavy atom. The molecule has 0 spiro atoms. The summed E-state index contributed by atoms with van der Waals surface area (Å²) >= 11 is 0. The van der Waals surface area contributed by atoms with E-state index in [4.69, 9.17) is 0 Å². The molecule has 6 heteroatoms. The number of aromatic nitrogens is 2. The minimum atomic E-state index is -1.01. The van der Waals surface area contributed by atoms with Gasteiger partial charge in [-0.05, 0) is 62.5 Å². The maximum atomic E-state index is 11.9. The summed E-state index contributed by atoms with van der Waals surface area (Å²) in [6, 6.07) is 3.76. The van der Waals surface area contributed by atoms with Gasteiger partial charge < -0.3 is 15.5 Å². The summed E-state index contributed by atoms with van der Waals surface area (Å²) in [4.78, 5) is 20.8. The van der Waals surface area contributed by atoms with E-state index in [0.29, 0.717) is 11.4 Å². The third kappa shape index (κ3) is 4.96. The summed E-state index contributed by atoms with van der Waals surface area (Å²) in [5.41, 5.74) is 2.99. The molecular weight excluding hydrogens is 366 g/mol. The van der Waals surface area contributed by atoms with Crippen LogP contribution in [-0.4, -0.2) is 38.3 Å². The molecule has 1 aliphatic carbocycles. The van der Waals surface area contributed by atoms with Gasteiger partial charge in [-0.15, -0.1) is 0 Å². The first kappa shape index (κ1) is 20.9. The highest BCUT2D eigenvalue weighted by molar-refractivity contribution is 5.95. The summed E-state index contributed by atoms with van der Waals surface area (Å²) in [7, 11) is 0. The van der Waals surface area contributed by atoms with Crippen LogP contribution in [0.1, 0.15) is 39.3 Å². The topological polar surface area (TPSA) is 95.3 Å². The molecule has 0 radical (unpaired) electrons. The molecule has 152 valence electrons. The Kier molecular flexibility index (Phi) is 6.25.